The van der Waals surface area contributed by atoms with Crippen molar-refractivity contribution in [2.45, 2.75) is 84.7 Å². The average Bonchev–Trinajstić information content (AvgIpc) is 3.58. The summed E-state index contributed by atoms with van der Waals surface area (Å²) in [7, 11) is 0. The van der Waals surface area contributed by atoms with E-state index < -0.39 is 29.7 Å². The molecule has 1 unspecified atom stereocenters. The molecule has 2 aliphatic heterocycles. The van der Waals surface area contributed by atoms with Gasteiger partial charge in [0.2, 0.25) is 17.7 Å². The fourth-order valence-electron chi connectivity index (χ4n) is 6.77. The predicted octanol–water partition coefficient (Wildman–Crippen LogP) is 3.48. The molecule has 51 heavy (non-hydrogen) atoms. The normalized spacial score (nSPS) is 15.7. The van der Waals surface area contributed by atoms with Crippen molar-refractivity contribution in [3.05, 3.63) is 80.9 Å². The molecule has 0 bridgehead atoms. The highest BCUT2D eigenvalue weighted by Gasteiger charge is 2.45. The molecular formula is C37H42N8O6. The molecule has 1 atom stereocenters. The molecule has 0 radical (unpaired) electrons. The molecule has 4 aromatic rings. The van der Waals surface area contributed by atoms with Crippen LogP contribution >= 0.6 is 0 Å². The van der Waals surface area contributed by atoms with Gasteiger partial charge in [-0.25, -0.2) is 9.36 Å². The number of hydrogen-bond donors (Lipinski definition) is 3. The average molecular weight is 695 g/mol. The Kier molecular flexibility index (Phi) is 10.4. The fourth-order valence-corrected chi connectivity index (χ4v) is 6.77. The van der Waals surface area contributed by atoms with E-state index >= 15 is 0 Å². The zero-order chi connectivity index (χ0) is 36.2. The number of aromatic nitrogens is 4. The van der Waals surface area contributed by atoms with Gasteiger partial charge in [0.1, 0.15) is 6.04 Å². The van der Waals surface area contributed by atoms with Crippen LogP contribution < -0.4 is 21.5 Å². The van der Waals surface area contributed by atoms with Crippen LogP contribution in [-0.4, -0.2) is 73.1 Å². The second-order valence-electron chi connectivity index (χ2n) is 13.1. The van der Waals surface area contributed by atoms with E-state index in [9.17, 15) is 28.8 Å². The maximum atomic E-state index is 13.2. The Morgan fingerprint density at radius 3 is 2.37 bits per heavy atom. The number of aryl methyl sites for hydroxylation is 4. The smallest absolute Gasteiger partial charge is 0.295 e. The molecule has 266 valence electrons. The molecule has 14 heteroatoms. The molecule has 3 N–H and O–H groups in total. The van der Waals surface area contributed by atoms with Gasteiger partial charge in [0.05, 0.1) is 33.6 Å². The summed E-state index contributed by atoms with van der Waals surface area (Å²) in [6.07, 6.45) is 4.32. The van der Waals surface area contributed by atoms with Crippen LogP contribution in [0, 0.1) is 20.8 Å². The summed E-state index contributed by atoms with van der Waals surface area (Å²) in [4.78, 5) is 76.8. The fraction of sp³-hybridized carbons (Fsp3) is 0.405. The van der Waals surface area contributed by atoms with E-state index in [0.29, 0.717) is 43.0 Å². The summed E-state index contributed by atoms with van der Waals surface area (Å²) in [5, 5.41) is 18.3. The third-order valence-electron chi connectivity index (χ3n) is 9.45. The van der Waals surface area contributed by atoms with Gasteiger partial charge in [-0.3, -0.25) is 39.0 Å². The van der Waals surface area contributed by atoms with Crippen molar-refractivity contribution in [2.24, 2.45) is 0 Å². The van der Waals surface area contributed by atoms with Crippen molar-refractivity contribution in [1.29, 1.82) is 0 Å². The monoisotopic (exact) mass is 694 g/mol. The molecule has 6 rings (SSSR count). The Labute approximate surface area is 294 Å². The number of carbonyl (C=O) groups excluding carboxylic acids is 5. The van der Waals surface area contributed by atoms with Crippen LogP contribution in [0.3, 0.4) is 0 Å². The lowest BCUT2D eigenvalue weighted by Gasteiger charge is -2.27. The van der Waals surface area contributed by atoms with Crippen LogP contribution in [0.1, 0.15) is 89.0 Å². The van der Waals surface area contributed by atoms with Crippen LogP contribution in [0.15, 0.2) is 47.3 Å². The van der Waals surface area contributed by atoms with Crippen LogP contribution in [0.4, 0.5) is 5.69 Å². The first-order valence-electron chi connectivity index (χ1n) is 17.4. The SMILES string of the molecule is Cc1ccc(-n2nc3c(=O)n(CCCC(=O)NCCCCCCNc4cccc5c4C(=O)N(C4CCC(=O)NC4=O)C5=O)nc(C)c3c2C)cc1. The lowest BCUT2D eigenvalue weighted by Crippen LogP contribution is -2.54. The first-order chi connectivity index (χ1) is 24.5. The Bertz CT molecular complexity index is 2080. The van der Waals surface area contributed by atoms with Gasteiger partial charge in [0.15, 0.2) is 5.52 Å². The molecule has 2 aromatic heterocycles. The van der Waals surface area contributed by atoms with E-state index in [-0.39, 0.29) is 41.9 Å². The molecule has 2 aliphatic rings. The number of nitrogens with zero attached hydrogens (tertiary/aromatic N) is 5. The molecule has 0 aliphatic carbocycles. The zero-order valence-electron chi connectivity index (χ0n) is 29.1. The number of amides is 5. The van der Waals surface area contributed by atoms with Crippen LogP contribution in [0.25, 0.3) is 16.6 Å². The molecule has 4 heterocycles. The van der Waals surface area contributed by atoms with E-state index in [0.717, 1.165) is 52.9 Å². The second-order valence-corrected chi connectivity index (χ2v) is 13.1. The van der Waals surface area contributed by atoms with Gasteiger partial charge in [-0.05, 0) is 70.7 Å². The van der Waals surface area contributed by atoms with Gasteiger partial charge in [0.25, 0.3) is 17.4 Å². The maximum absolute atomic E-state index is 13.2. The zero-order valence-corrected chi connectivity index (χ0v) is 29.1. The number of piperidine rings is 1. The summed E-state index contributed by atoms with van der Waals surface area (Å²) >= 11 is 0. The molecule has 14 nitrogen and oxygen atoms in total. The van der Waals surface area contributed by atoms with Crippen molar-refractivity contribution >= 4 is 46.1 Å². The number of unbranched alkanes of at least 4 members (excludes halogenated alkanes) is 3. The van der Waals surface area contributed by atoms with Gasteiger partial charge in [0, 0.05) is 38.2 Å². The number of fused-ring (bicyclic) bond motifs is 2. The Morgan fingerprint density at radius 2 is 1.63 bits per heavy atom. The molecule has 0 saturated carbocycles. The first-order valence-corrected chi connectivity index (χ1v) is 17.4. The summed E-state index contributed by atoms with van der Waals surface area (Å²) < 4.78 is 3.17. The van der Waals surface area contributed by atoms with Crippen LogP contribution in [0.5, 0.6) is 0 Å². The predicted molar refractivity (Wildman–Crippen MR) is 190 cm³/mol. The van der Waals surface area contributed by atoms with Gasteiger partial charge < -0.3 is 10.6 Å². The second kappa shape index (κ2) is 15.1. The van der Waals surface area contributed by atoms with E-state index in [2.05, 4.69) is 26.1 Å². The number of carbonyl (C=O) groups is 5. The molecule has 2 aromatic carbocycles. The summed E-state index contributed by atoms with van der Waals surface area (Å²) in [6.45, 7) is 7.25. The Hall–Kier alpha value is -5.66. The standard InChI is InChI=1S/C37H42N8O6/c1-22-13-15-25(16-14-22)45-24(3)31-23(2)41-43(37(51)33(31)42-45)21-9-12-29(46)39-20-7-5-4-6-19-38-27-11-8-10-26-32(27)36(50)44(35(26)49)28-17-18-30(47)40-34(28)48/h8,10-11,13-16,28,38H,4-7,9,12,17-21H2,1-3H3,(H,39,46)(H,40,47,48). The number of rotatable bonds is 14. The van der Waals surface area contributed by atoms with Gasteiger partial charge in [-0.15, -0.1) is 0 Å². The highest BCUT2D eigenvalue weighted by molar-refractivity contribution is 6.25. The number of benzene rings is 2. The van der Waals surface area contributed by atoms with Crippen molar-refractivity contribution < 1.29 is 24.0 Å². The third kappa shape index (κ3) is 7.30. The summed E-state index contributed by atoms with van der Waals surface area (Å²) in [6, 6.07) is 11.9. The summed E-state index contributed by atoms with van der Waals surface area (Å²) in [5.41, 5.74) is 4.70. The number of anilines is 1. The largest absolute Gasteiger partial charge is 0.384 e. The van der Waals surface area contributed by atoms with Crippen molar-refractivity contribution in [3.8, 4) is 5.69 Å². The minimum absolute atomic E-state index is 0.0688. The van der Waals surface area contributed by atoms with Crippen molar-refractivity contribution in [2.75, 3.05) is 18.4 Å². The van der Waals surface area contributed by atoms with E-state index in [1.54, 1.807) is 22.9 Å². The van der Waals surface area contributed by atoms with Crippen LogP contribution in [0.2, 0.25) is 0 Å². The number of hydrogen-bond acceptors (Lipinski definition) is 9. The number of nitrogens with one attached hydrogen (secondary N) is 3. The van der Waals surface area contributed by atoms with E-state index in [1.165, 1.54) is 4.68 Å². The highest BCUT2D eigenvalue weighted by atomic mass is 16.2. The Balaban J connectivity index is 0.904. The van der Waals surface area contributed by atoms with Crippen LogP contribution in [-0.2, 0) is 20.9 Å². The van der Waals surface area contributed by atoms with Gasteiger partial charge in [-0.1, -0.05) is 36.6 Å². The highest BCUT2D eigenvalue weighted by Crippen LogP contribution is 2.32. The molecule has 1 fully saturated rings. The minimum Gasteiger partial charge on any atom is -0.384 e. The van der Waals surface area contributed by atoms with E-state index in [4.69, 9.17) is 0 Å². The molecule has 0 spiro atoms. The molecule has 1 saturated heterocycles. The van der Waals surface area contributed by atoms with Gasteiger partial charge >= 0.3 is 0 Å². The quantitative estimate of drug-likeness (QED) is 0.132. The van der Waals surface area contributed by atoms with Gasteiger partial charge in [-0.2, -0.15) is 10.2 Å². The molecular weight excluding hydrogens is 652 g/mol. The Morgan fingerprint density at radius 1 is 0.882 bits per heavy atom. The maximum Gasteiger partial charge on any atom is 0.295 e. The topological polar surface area (TPSA) is 177 Å². The minimum atomic E-state index is -1.00. The van der Waals surface area contributed by atoms with Crippen molar-refractivity contribution in [1.82, 2.24) is 35.1 Å². The first kappa shape index (κ1) is 35.2. The van der Waals surface area contributed by atoms with E-state index in [1.807, 2.05) is 45.0 Å². The van der Waals surface area contributed by atoms with Crippen molar-refractivity contribution in [3.63, 3.8) is 0 Å². The molecule has 5 amide bonds. The lowest BCUT2D eigenvalue weighted by molar-refractivity contribution is -0.136. The lowest BCUT2D eigenvalue weighted by atomic mass is 10.0. The third-order valence-corrected chi connectivity index (χ3v) is 9.45. The summed E-state index contributed by atoms with van der Waals surface area (Å²) in [5.74, 6) is -2.20. The number of imide groups is 2.